The topological polar surface area (TPSA) is 44.9 Å². The summed E-state index contributed by atoms with van der Waals surface area (Å²) in [5.41, 5.74) is 4.71. The van der Waals surface area contributed by atoms with Gasteiger partial charge in [0, 0.05) is 30.4 Å². The monoisotopic (exact) mass is 336 g/mol. The number of hydrogen-bond donors (Lipinski definition) is 0. The van der Waals surface area contributed by atoms with Gasteiger partial charge >= 0.3 is 0 Å². The quantitative estimate of drug-likeness (QED) is 0.719. The average molecular weight is 336 g/mol. The van der Waals surface area contributed by atoms with Crippen LogP contribution in [-0.2, 0) is 11.2 Å². The molecule has 1 aromatic carbocycles. The molecule has 0 N–H and O–H groups in total. The van der Waals surface area contributed by atoms with Crippen molar-refractivity contribution in [2.24, 2.45) is 0 Å². The third-order valence-corrected chi connectivity index (χ3v) is 5.48. The van der Waals surface area contributed by atoms with Crippen molar-refractivity contribution in [3.8, 4) is 11.3 Å². The molecule has 0 spiro atoms. The van der Waals surface area contributed by atoms with Crippen molar-refractivity contribution in [3.63, 3.8) is 0 Å². The van der Waals surface area contributed by atoms with Crippen molar-refractivity contribution in [1.82, 2.24) is 19.6 Å². The molecule has 5 nitrogen and oxygen atoms in total. The molecule has 0 unspecified atom stereocenters. The van der Waals surface area contributed by atoms with E-state index in [4.69, 9.17) is 14.9 Å². The lowest BCUT2D eigenvalue weighted by Gasteiger charge is -2.22. The Hall–Kier alpha value is -2.14. The van der Waals surface area contributed by atoms with E-state index >= 15 is 0 Å². The zero-order valence-corrected chi connectivity index (χ0v) is 14.7. The van der Waals surface area contributed by atoms with E-state index in [1.54, 1.807) is 0 Å². The Morgan fingerprint density at radius 1 is 1.04 bits per heavy atom. The van der Waals surface area contributed by atoms with Gasteiger partial charge in [0.15, 0.2) is 0 Å². The summed E-state index contributed by atoms with van der Waals surface area (Å²) in [5.74, 6) is 0. The van der Waals surface area contributed by atoms with Crippen LogP contribution in [-0.4, -0.2) is 32.8 Å². The van der Waals surface area contributed by atoms with Crippen LogP contribution in [0.15, 0.2) is 30.5 Å². The van der Waals surface area contributed by atoms with Gasteiger partial charge in [0.1, 0.15) is 0 Å². The molecule has 130 valence electrons. The van der Waals surface area contributed by atoms with Crippen molar-refractivity contribution in [2.45, 2.75) is 51.1 Å². The van der Waals surface area contributed by atoms with E-state index in [0.717, 1.165) is 38.2 Å². The first-order valence-corrected chi connectivity index (χ1v) is 9.48. The summed E-state index contributed by atoms with van der Waals surface area (Å²) in [4.78, 5) is 0. The van der Waals surface area contributed by atoms with Crippen LogP contribution >= 0.6 is 0 Å². The Morgan fingerprint density at radius 3 is 2.64 bits per heavy atom. The molecular weight excluding hydrogens is 312 g/mol. The van der Waals surface area contributed by atoms with E-state index in [1.165, 1.54) is 35.0 Å². The van der Waals surface area contributed by atoms with Gasteiger partial charge in [-0.15, -0.1) is 0 Å². The van der Waals surface area contributed by atoms with Gasteiger partial charge in [-0.25, -0.2) is 0 Å². The molecule has 1 saturated heterocycles. The summed E-state index contributed by atoms with van der Waals surface area (Å²) in [6, 6.07) is 9.89. The molecule has 1 saturated carbocycles. The third kappa shape index (κ3) is 2.67. The highest BCUT2D eigenvalue weighted by atomic mass is 16.5. The number of nitrogens with zero attached hydrogens (tertiary/aromatic N) is 4. The van der Waals surface area contributed by atoms with Gasteiger partial charge in [-0.1, -0.05) is 19.1 Å². The van der Waals surface area contributed by atoms with Crippen LogP contribution < -0.4 is 0 Å². The standard InChI is InChI=1S/C20H24N4O/c1-2-18-17-6-3-14(13-20(17)24(22-18)16-4-5-16)19-7-10-23(21-19)15-8-11-25-12-9-15/h3,6-7,10,13,15-16H,2,4-5,8-9,11-12H2,1H3. The van der Waals surface area contributed by atoms with Gasteiger partial charge < -0.3 is 4.74 Å². The minimum absolute atomic E-state index is 0.468. The smallest absolute Gasteiger partial charge is 0.0924 e. The van der Waals surface area contributed by atoms with Gasteiger partial charge in [0.25, 0.3) is 0 Å². The van der Waals surface area contributed by atoms with Gasteiger partial charge in [-0.3, -0.25) is 9.36 Å². The molecule has 1 aliphatic heterocycles. The van der Waals surface area contributed by atoms with E-state index < -0.39 is 0 Å². The fourth-order valence-corrected chi connectivity index (χ4v) is 3.87. The van der Waals surface area contributed by atoms with Crippen LogP contribution in [0.3, 0.4) is 0 Å². The highest BCUT2D eigenvalue weighted by molar-refractivity contribution is 5.86. The number of rotatable bonds is 4. The minimum Gasteiger partial charge on any atom is -0.381 e. The fraction of sp³-hybridized carbons (Fsp3) is 0.500. The summed E-state index contributed by atoms with van der Waals surface area (Å²) in [5, 5.41) is 11.0. The van der Waals surface area contributed by atoms with Gasteiger partial charge in [-0.2, -0.15) is 10.2 Å². The van der Waals surface area contributed by atoms with Gasteiger partial charge in [0.05, 0.1) is 29.0 Å². The molecule has 25 heavy (non-hydrogen) atoms. The maximum atomic E-state index is 5.46. The van der Waals surface area contributed by atoms with E-state index in [0.29, 0.717) is 12.1 Å². The Kier molecular flexibility index (Phi) is 3.63. The Balaban J connectivity index is 1.52. The second-order valence-corrected chi connectivity index (χ2v) is 7.23. The number of hydrogen-bond acceptors (Lipinski definition) is 3. The maximum Gasteiger partial charge on any atom is 0.0924 e. The normalized spacial score (nSPS) is 18.9. The van der Waals surface area contributed by atoms with Crippen molar-refractivity contribution in [3.05, 3.63) is 36.2 Å². The first kappa shape index (κ1) is 15.1. The Labute approximate surface area is 147 Å². The number of fused-ring (bicyclic) bond motifs is 1. The molecule has 3 aromatic rings. The SMILES string of the molecule is CCc1nn(C2CC2)c2cc(-c3ccn(C4CCOCC4)n3)ccc12. The van der Waals surface area contributed by atoms with Gasteiger partial charge in [0.2, 0.25) is 0 Å². The molecule has 0 atom stereocenters. The van der Waals surface area contributed by atoms with Crippen molar-refractivity contribution in [2.75, 3.05) is 13.2 Å². The molecule has 3 heterocycles. The lowest BCUT2D eigenvalue weighted by atomic mass is 10.1. The fourth-order valence-electron chi connectivity index (χ4n) is 3.87. The largest absolute Gasteiger partial charge is 0.381 e. The Morgan fingerprint density at radius 2 is 1.88 bits per heavy atom. The zero-order chi connectivity index (χ0) is 16.8. The summed E-state index contributed by atoms with van der Waals surface area (Å²) >= 11 is 0. The maximum absolute atomic E-state index is 5.46. The Bertz CT molecular complexity index is 900. The first-order valence-electron chi connectivity index (χ1n) is 9.48. The van der Waals surface area contributed by atoms with Crippen molar-refractivity contribution < 1.29 is 4.74 Å². The summed E-state index contributed by atoms with van der Waals surface area (Å²) in [6.45, 7) is 3.86. The second-order valence-electron chi connectivity index (χ2n) is 7.23. The average Bonchev–Trinajstić information content (AvgIpc) is 3.27. The predicted molar refractivity (Wildman–Crippen MR) is 97.7 cm³/mol. The van der Waals surface area contributed by atoms with Crippen LogP contribution in [0.25, 0.3) is 22.2 Å². The number of ether oxygens (including phenoxy) is 1. The third-order valence-electron chi connectivity index (χ3n) is 5.48. The zero-order valence-electron chi connectivity index (χ0n) is 14.7. The molecule has 0 bridgehead atoms. The highest BCUT2D eigenvalue weighted by Gasteiger charge is 2.27. The molecule has 5 heteroatoms. The summed E-state index contributed by atoms with van der Waals surface area (Å²) in [7, 11) is 0. The summed E-state index contributed by atoms with van der Waals surface area (Å²) < 4.78 is 9.83. The molecular formula is C20H24N4O. The molecule has 0 radical (unpaired) electrons. The predicted octanol–water partition coefficient (Wildman–Crippen LogP) is 4.15. The van der Waals surface area contributed by atoms with Crippen LogP contribution in [0.2, 0.25) is 0 Å². The number of aryl methyl sites for hydroxylation is 1. The first-order chi connectivity index (χ1) is 12.3. The second kappa shape index (κ2) is 5.99. The highest BCUT2D eigenvalue weighted by Crippen LogP contribution is 2.38. The van der Waals surface area contributed by atoms with Crippen LogP contribution in [0.1, 0.15) is 50.4 Å². The molecule has 5 rings (SSSR count). The summed E-state index contributed by atoms with van der Waals surface area (Å²) in [6.07, 6.45) is 7.70. The minimum atomic E-state index is 0.468. The van der Waals surface area contributed by atoms with Gasteiger partial charge in [-0.05, 0) is 44.2 Å². The van der Waals surface area contributed by atoms with Crippen molar-refractivity contribution >= 4 is 10.9 Å². The van der Waals surface area contributed by atoms with Crippen LogP contribution in [0.4, 0.5) is 0 Å². The van der Waals surface area contributed by atoms with E-state index in [-0.39, 0.29) is 0 Å². The molecule has 2 aromatic heterocycles. The lowest BCUT2D eigenvalue weighted by molar-refractivity contribution is 0.0663. The van der Waals surface area contributed by atoms with E-state index in [9.17, 15) is 0 Å². The van der Waals surface area contributed by atoms with Crippen LogP contribution in [0, 0.1) is 0 Å². The van der Waals surface area contributed by atoms with E-state index in [2.05, 4.69) is 46.7 Å². The number of benzene rings is 1. The number of aromatic nitrogens is 4. The lowest BCUT2D eigenvalue weighted by Crippen LogP contribution is -2.19. The molecule has 1 aliphatic carbocycles. The van der Waals surface area contributed by atoms with E-state index in [1.807, 2.05) is 0 Å². The van der Waals surface area contributed by atoms with Crippen molar-refractivity contribution in [1.29, 1.82) is 0 Å². The molecule has 0 amide bonds. The van der Waals surface area contributed by atoms with Crippen LogP contribution in [0.5, 0.6) is 0 Å². The molecule has 2 aliphatic rings. The molecule has 2 fully saturated rings.